The molecule has 2 atom stereocenters. The number of hydrazone groups is 1. The lowest BCUT2D eigenvalue weighted by Gasteiger charge is -2.38. The molecular formula is C24H22N2O4. The minimum atomic E-state index is -0.532. The highest BCUT2D eigenvalue weighted by atomic mass is 16.5. The predicted molar refractivity (Wildman–Crippen MR) is 113 cm³/mol. The number of methoxy groups -OCH3 is 1. The van der Waals surface area contributed by atoms with Crippen LogP contribution in [0.2, 0.25) is 0 Å². The van der Waals surface area contributed by atoms with Gasteiger partial charge in [-0.05, 0) is 37.3 Å². The van der Waals surface area contributed by atoms with Gasteiger partial charge in [-0.25, -0.2) is 5.01 Å². The summed E-state index contributed by atoms with van der Waals surface area (Å²) in [7, 11) is 1.62. The van der Waals surface area contributed by atoms with Gasteiger partial charge in [0.05, 0.1) is 18.9 Å². The SMILES string of the molecule is COc1cccc2c1OC(c1cccc(O)c1)N1N=C(c3cc(C)ccc3O)CC21. The molecule has 5 rings (SSSR count). The first-order valence-electron chi connectivity index (χ1n) is 9.83. The van der Waals surface area contributed by atoms with Crippen LogP contribution in [0.3, 0.4) is 0 Å². The van der Waals surface area contributed by atoms with Crippen LogP contribution >= 0.6 is 0 Å². The molecular weight excluding hydrogens is 380 g/mol. The highest BCUT2D eigenvalue weighted by Gasteiger charge is 2.42. The van der Waals surface area contributed by atoms with E-state index in [4.69, 9.17) is 14.6 Å². The molecule has 2 aliphatic rings. The van der Waals surface area contributed by atoms with Gasteiger partial charge in [-0.3, -0.25) is 0 Å². The van der Waals surface area contributed by atoms with E-state index >= 15 is 0 Å². The molecule has 3 aromatic carbocycles. The molecule has 6 heteroatoms. The van der Waals surface area contributed by atoms with Gasteiger partial charge >= 0.3 is 0 Å². The molecule has 6 nitrogen and oxygen atoms in total. The number of fused-ring (bicyclic) bond motifs is 3. The van der Waals surface area contributed by atoms with Crippen LogP contribution in [-0.2, 0) is 0 Å². The Bertz CT molecular complexity index is 1160. The van der Waals surface area contributed by atoms with E-state index in [2.05, 4.69) is 0 Å². The van der Waals surface area contributed by atoms with Crippen LogP contribution in [0, 0.1) is 6.92 Å². The van der Waals surface area contributed by atoms with Crippen molar-refractivity contribution in [1.82, 2.24) is 5.01 Å². The third-order valence-corrected chi connectivity index (χ3v) is 5.62. The average molecular weight is 402 g/mol. The van der Waals surface area contributed by atoms with Gasteiger partial charge in [0.25, 0.3) is 0 Å². The Morgan fingerprint density at radius 1 is 1.07 bits per heavy atom. The van der Waals surface area contributed by atoms with E-state index in [1.165, 1.54) is 0 Å². The number of hydrogen-bond donors (Lipinski definition) is 2. The van der Waals surface area contributed by atoms with E-state index in [1.54, 1.807) is 31.4 Å². The number of benzene rings is 3. The summed E-state index contributed by atoms with van der Waals surface area (Å²) < 4.78 is 11.9. The summed E-state index contributed by atoms with van der Waals surface area (Å²) in [5, 5.41) is 27.2. The van der Waals surface area contributed by atoms with Gasteiger partial charge in [-0.2, -0.15) is 5.10 Å². The summed E-state index contributed by atoms with van der Waals surface area (Å²) in [4.78, 5) is 0. The zero-order valence-corrected chi connectivity index (χ0v) is 16.7. The van der Waals surface area contributed by atoms with Crippen molar-refractivity contribution in [3.05, 3.63) is 82.9 Å². The van der Waals surface area contributed by atoms with Crippen LogP contribution in [0.25, 0.3) is 0 Å². The predicted octanol–water partition coefficient (Wildman–Crippen LogP) is 4.66. The van der Waals surface area contributed by atoms with Crippen molar-refractivity contribution in [1.29, 1.82) is 0 Å². The number of aromatic hydroxyl groups is 2. The fourth-order valence-electron chi connectivity index (χ4n) is 4.19. The monoisotopic (exact) mass is 402 g/mol. The maximum atomic E-state index is 10.4. The molecule has 2 heterocycles. The quantitative estimate of drug-likeness (QED) is 0.667. The number of para-hydroxylation sites is 1. The second-order valence-electron chi connectivity index (χ2n) is 7.61. The highest BCUT2D eigenvalue weighted by Crippen LogP contribution is 2.51. The first-order chi connectivity index (χ1) is 14.5. The molecule has 0 bridgehead atoms. The minimum Gasteiger partial charge on any atom is -0.508 e. The first-order valence-corrected chi connectivity index (χ1v) is 9.83. The van der Waals surface area contributed by atoms with Crippen molar-refractivity contribution >= 4 is 5.71 Å². The molecule has 30 heavy (non-hydrogen) atoms. The van der Waals surface area contributed by atoms with Gasteiger partial charge in [0.1, 0.15) is 11.5 Å². The largest absolute Gasteiger partial charge is 0.508 e. The van der Waals surface area contributed by atoms with E-state index in [-0.39, 0.29) is 17.5 Å². The highest BCUT2D eigenvalue weighted by molar-refractivity contribution is 6.04. The normalized spacial score (nSPS) is 19.5. The van der Waals surface area contributed by atoms with Gasteiger partial charge in [0.2, 0.25) is 6.23 Å². The zero-order valence-electron chi connectivity index (χ0n) is 16.7. The Balaban J connectivity index is 1.65. The van der Waals surface area contributed by atoms with Gasteiger partial charge < -0.3 is 19.7 Å². The topological polar surface area (TPSA) is 74.5 Å². The third-order valence-electron chi connectivity index (χ3n) is 5.62. The summed E-state index contributed by atoms with van der Waals surface area (Å²) in [6, 6.07) is 18.3. The standard InChI is InChI=1S/C24H22N2O4/c1-14-9-10-21(28)18(11-14)19-13-20-17-7-4-8-22(29-2)23(17)30-24(26(20)25-19)15-5-3-6-16(27)12-15/h3-12,20,24,27-28H,13H2,1-2H3. The summed E-state index contributed by atoms with van der Waals surface area (Å²) >= 11 is 0. The summed E-state index contributed by atoms with van der Waals surface area (Å²) in [5.74, 6) is 1.71. The van der Waals surface area contributed by atoms with Crippen molar-refractivity contribution in [2.75, 3.05) is 7.11 Å². The molecule has 0 saturated heterocycles. The fraction of sp³-hybridized carbons (Fsp3) is 0.208. The Labute approximate surface area is 174 Å². The molecule has 0 fully saturated rings. The van der Waals surface area contributed by atoms with Crippen molar-refractivity contribution in [3.63, 3.8) is 0 Å². The molecule has 2 unspecified atom stereocenters. The maximum absolute atomic E-state index is 10.4. The molecule has 0 amide bonds. The van der Waals surface area contributed by atoms with E-state index < -0.39 is 6.23 Å². The lowest BCUT2D eigenvalue weighted by molar-refractivity contribution is -0.0210. The fourth-order valence-corrected chi connectivity index (χ4v) is 4.19. The van der Waals surface area contributed by atoms with Crippen LogP contribution in [0.15, 0.2) is 65.8 Å². The number of hydrogen-bond acceptors (Lipinski definition) is 6. The maximum Gasteiger partial charge on any atom is 0.214 e. The second-order valence-corrected chi connectivity index (χ2v) is 7.61. The molecule has 152 valence electrons. The molecule has 0 aromatic heterocycles. The Hall–Kier alpha value is -3.67. The summed E-state index contributed by atoms with van der Waals surface area (Å²) in [6.07, 6.45) is 0.0888. The molecule has 2 aliphatic heterocycles. The smallest absolute Gasteiger partial charge is 0.214 e. The molecule has 0 saturated carbocycles. The van der Waals surface area contributed by atoms with E-state index in [0.29, 0.717) is 17.9 Å². The second kappa shape index (κ2) is 6.99. The average Bonchev–Trinajstić information content (AvgIpc) is 3.20. The van der Waals surface area contributed by atoms with Gasteiger partial charge in [-0.15, -0.1) is 0 Å². The number of aryl methyl sites for hydroxylation is 1. The van der Waals surface area contributed by atoms with E-state index in [1.807, 2.05) is 48.3 Å². The van der Waals surface area contributed by atoms with Gasteiger partial charge in [-0.1, -0.05) is 35.9 Å². The van der Waals surface area contributed by atoms with Crippen LogP contribution < -0.4 is 9.47 Å². The van der Waals surface area contributed by atoms with Crippen molar-refractivity contribution in [3.8, 4) is 23.0 Å². The number of rotatable bonds is 3. The Morgan fingerprint density at radius 3 is 2.70 bits per heavy atom. The van der Waals surface area contributed by atoms with Crippen LogP contribution in [0.4, 0.5) is 0 Å². The van der Waals surface area contributed by atoms with Crippen LogP contribution in [-0.4, -0.2) is 28.0 Å². The molecule has 0 spiro atoms. The first kappa shape index (κ1) is 18.4. The lowest BCUT2D eigenvalue weighted by Crippen LogP contribution is -2.33. The minimum absolute atomic E-state index is 0.0777. The van der Waals surface area contributed by atoms with Crippen LogP contribution in [0.1, 0.15) is 40.9 Å². The van der Waals surface area contributed by atoms with Crippen LogP contribution in [0.5, 0.6) is 23.0 Å². The molecule has 0 aliphatic carbocycles. The van der Waals surface area contributed by atoms with Gasteiger partial charge in [0.15, 0.2) is 11.5 Å². The van der Waals surface area contributed by atoms with Crippen molar-refractivity contribution in [2.24, 2.45) is 5.10 Å². The zero-order chi connectivity index (χ0) is 20.8. The Morgan fingerprint density at radius 2 is 1.90 bits per heavy atom. The molecule has 0 radical (unpaired) electrons. The Kier molecular flexibility index (Phi) is 4.28. The third kappa shape index (κ3) is 2.92. The molecule has 3 aromatic rings. The van der Waals surface area contributed by atoms with E-state index in [0.717, 1.165) is 28.0 Å². The lowest BCUT2D eigenvalue weighted by atomic mass is 9.94. The number of phenols is 2. The number of nitrogens with zero attached hydrogens (tertiary/aromatic N) is 2. The van der Waals surface area contributed by atoms with E-state index in [9.17, 15) is 10.2 Å². The van der Waals surface area contributed by atoms with Crippen molar-refractivity contribution in [2.45, 2.75) is 25.6 Å². The van der Waals surface area contributed by atoms with Gasteiger partial charge in [0, 0.05) is 23.1 Å². The summed E-state index contributed by atoms with van der Waals surface area (Å²) in [6.45, 7) is 1.99. The van der Waals surface area contributed by atoms with Crippen molar-refractivity contribution < 1.29 is 19.7 Å². The summed E-state index contributed by atoms with van der Waals surface area (Å²) in [5.41, 5.74) is 4.35. The number of ether oxygens (including phenoxy) is 2. The molecule has 2 N–H and O–H groups in total. The number of phenolic OH excluding ortho intramolecular Hbond substituents is 2.